The molecule has 4 heteroatoms. The lowest BCUT2D eigenvalue weighted by Gasteiger charge is -2.17. The van der Waals surface area contributed by atoms with Gasteiger partial charge in [-0.05, 0) is 43.5 Å². The van der Waals surface area contributed by atoms with Crippen molar-refractivity contribution in [2.75, 3.05) is 0 Å². The first-order valence-electron chi connectivity index (χ1n) is 12.1. The second kappa shape index (κ2) is 16.9. The van der Waals surface area contributed by atoms with Gasteiger partial charge in [-0.3, -0.25) is 0 Å². The van der Waals surface area contributed by atoms with Crippen LogP contribution in [0.5, 0.6) is 0 Å². The predicted octanol–water partition coefficient (Wildman–Crippen LogP) is 7.80. The van der Waals surface area contributed by atoms with Gasteiger partial charge in [0, 0.05) is 0 Å². The summed E-state index contributed by atoms with van der Waals surface area (Å²) in [6, 6.07) is 5.94. The Kier molecular flexibility index (Phi) is 14.8. The monoisotopic (exact) mass is 418 g/mol. The summed E-state index contributed by atoms with van der Waals surface area (Å²) in [7, 11) is 0. The maximum atomic E-state index is 12.4. The zero-order chi connectivity index (χ0) is 22.0. The van der Waals surface area contributed by atoms with Gasteiger partial charge < -0.3 is 9.84 Å². The van der Waals surface area contributed by atoms with Crippen molar-refractivity contribution in [3.63, 3.8) is 0 Å². The fourth-order valence-electron chi connectivity index (χ4n) is 3.77. The highest BCUT2D eigenvalue weighted by Crippen LogP contribution is 2.17. The second-order valence-electron chi connectivity index (χ2n) is 8.38. The minimum atomic E-state index is -0.995. The average Bonchev–Trinajstić information content (AvgIpc) is 2.74. The van der Waals surface area contributed by atoms with E-state index in [1.54, 1.807) is 0 Å². The van der Waals surface area contributed by atoms with Crippen LogP contribution in [-0.2, 0) is 4.74 Å². The largest absolute Gasteiger partial charge is 0.478 e. The molecule has 1 unspecified atom stereocenters. The van der Waals surface area contributed by atoms with Crippen molar-refractivity contribution in [3.8, 4) is 0 Å². The lowest BCUT2D eigenvalue weighted by Crippen LogP contribution is -2.18. The Hall–Kier alpha value is -1.84. The van der Waals surface area contributed by atoms with Crippen molar-refractivity contribution >= 4 is 11.9 Å². The molecule has 0 bridgehead atoms. The molecule has 1 atom stereocenters. The summed E-state index contributed by atoms with van der Waals surface area (Å²) in [5, 5.41) is 8.95. The van der Waals surface area contributed by atoms with Gasteiger partial charge in [0.15, 0.2) is 0 Å². The summed E-state index contributed by atoms with van der Waals surface area (Å²) in [6.45, 7) is 4.36. The molecule has 0 amide bonds. The third kappa shape index (κ3) is 12.0. The topological polar surface area (TPSA) is 63.6 Å². The number of carbonyl (C=O) groups excluding carboxylic acids is 1. The van der Waals surface area contributed by atoms with Crippen LogP contribution in [-0.4, -0.2) is 23.1 Å². The van der Waals surface area contributed by atoms with Crippen LogP contribution in [0.2, 0.25) is 0 Å². The molecule has 170 valence electrons. The van der Waals surface area contributed by atoms with E-state index in [0.29, 0.717) is 5.56 Å². The summed E-state index contributed by atoms with van der Waals surface area (Å²) < 4.78 is 5.69. The Bertz CT molecular complexity index is 579. The molecule has 0 heterocycles. The maximum absolute atomic E-state index is 12.4. The van der Waals surface area contributed by atoms with Gasteiger partial charge >= 0.3 is 11.9 Å². The molecule has 0 aliphatic carbocycles. The lowest BCUT2D eigenvalue weighted by molar-refractivity contribution is 0.0253. The van der Waals surface area contributed by atoms with Crippen LogP contribution in [0.15, 0.2) is 24.3 Å². The van der Waals surface area contributed by atoms with Crippen molar-refractivity contribution in [2.24, 2.45) is 0 Å². The van der Waals surface area contributed by atoms with Crippen LogP contribution in [0, 0.1) is 0 Å². The molecular weight excluding hydrogens is 376 g/mol. The number of hydrogen-bond donors (Lipinski definition) is 1. The number of esters is 1. The molecule has 1 aromatic carbocycles. The first-order valence-corrected chi connectivity index (χ1v) is 12.1. The van der Waals surface area contributed by atoms with E-state index in [-0.39, 0.29) is 17.6 Å². The van der Waals surface area contributed by atoms with Gasteiger partial charge in [0.1, 0.15) is 6.10 Å². The highest BCUT2D eigenvalue weighted by molar-refractivity contribution is 5.92. The molecule has 1 N–H and O–H groups in total. The summed E-state index contributed by atoms with van der Waals surface area (Å²) in [5.41, 5.74) is 0.587. The molecule has 0 spiro atoms. The first-order chi connectivity index (χ1) is 14.6. The standard InChI is InChI=1S/C26H42O4/c1-3-5-6-7-8-9-10-11-12-13-14-15-17-24(16-4-2)30-26(29)23-20-18-22(19-21-23)25(27)28/h18-21,24H,3-17H2,1-2H3,(H,27,28). The van der Waals surface area contributed by atoms with Gasteiger partial charge in [-0.15, -0.1) is 0 Å². The number of unbranched alkanes of at least 4 members (excludes halogenated alkanes) is 11. The molecule has 4 nitrogen and oxygen atoms in total. The van der Waals surface area contributed by atoms with Crippen LogP contribution in [0.25, 0.3) is 0 Å². The summed E-state index contributed by atoms with van der Waals surface area (Å²) in [6.07, 6.45) is 18.5. The Morgan fingerprint density at radius 3 is 1.63 bits per heavy atom. The molecular formula is C26H42O4. The van der Waals surface area contributed by atoms with Crippen LogP contribution >= 0.6 is 0 Å². The van der Waals surface area contributed by atoms with Crippen LogP contribution in [0.1, 0.15) is 131 Å². The molecule has 0 aromatic heterocycles. The fourth-order valence-corrected chi connectivity index (χ4v) is 3.77. The second-order valence-corrected chi connectivity index (χ2v) is 8.38. The molecule has 0 radical (unpaired) electrons. The van der Waals surface area contributed by atoms with Crippen molar-refractivity contribution in [1.29, 1.82) is 0 Å². The molecule has 1 rings (SSSR count). The normalized spacial score (nSPS) is 11.9. The predicted molar refractivity (Wildman–Crippen MR) is 123 cm³/mol. The van der Waals surface area contributed by atoms with Gasteiger partial charge in [0.25, 0.3) is 0 Å². The zero-order valence-corrected chi connectivity index (χ0v) is 19.2. The van der Waals surface area contributed by atoms with Crippen molar-refractivity contribution in [1.82, 2.24) is 0 Å². The molecule has 0 saturated heterocycles. The highest BCUT2D eigenvalue weighted by atomic mass is 16.5. The molecule has 0 aliphatic rings. The van der Waals surface area contributed by atoms with Gasteiger partial charge in [-0.1, -0.05) is 90.9 Å². The van der Waals surface area contributed by atoms with E-state index in [1.807, 2.05) is 0 Å². The van der Waals surface area contributed by atoms with E-state index in [2.05, 4.69) is 13.8 Å². The number of hydrogen-bond acceptors (Lipinski definition) is 3. The minimum absolute atomic E-state index is 0.0511. The summed E-state index contributed by atoms with van der Waals surface area (Å²) >= 11 is 0. The van der Waals surface area contributed by atoms with Crippen molar-refractivity contribution in [2.45, 2.75) is 116 Å². The van der Waals surface area contributed by atoms with Gasteiger partial charge in [0.05, 0.1) is 11.1 Å². The Morgan fingerprint density at radius 1 is 0.700 bits per heavy atom. The van der Waals surface area contributed by atoms with E-state index in [1.165, 1.54) is 94.9 Å². The number of rotatable bonds is 18. The average molecular weight is 419 g/mol. The Morgan fingerprint density at radius 2 is 1.17 bits per heavy atom. The van der Waals surface area contributed by atoms with Crippen molar-refractivity contribution in [3.05, 3.63) is 35.4 Å². The van der Waals surface area contributed by atoms with E-state index < -0.39 is 5.97 Å². The molecule has 0 saturated carbocycles. The Labute approximate surface area is 183 Å². The maximum Gasteiger partial charge on any atom is 0.338 e. The first kappa shape index (κ1) is 26.2. The minimum Gasteiger partial charge on any atom is -0.478 e. The number of carbonyl (C=O) groups is 2. The number of benzene rings is 1. The lowest BCUT2D eigenvalue weighted by atomic mass is 10.0. The van der Waals surface area contributed by atoms with Crippen LogP contribution in [0.3, 0.4) is 0 Å². The van der Waals surface area contributed by atoms with Crippen LogP contribution in [0.4, 0.5) is 0 Å². The molecule has 1 aromatic rings. The van der Waals surface area contributed by atoms with E-state index in [4.69, 9.17) is 9.84 Å². The van der Waals surface area contributed by atoms with Gasteiger partial charge in [-0.25, -0.2) is 9.59 Å². The third-order valence-corrected chi connectivity index (χ3v) is 5.63. The third-order valence-electron chi connectivity index (χ3n) is 5.63. The number of carboxylic acid groups (broad SMARTS) is 1. The number of ether oxygens (including phenoxy) is 1. The smallest absolute Gasteiger partial charge is 0.338 e. The molecule has 30 heavy (non-hydrogen) atoms. The number of aromatic carboxylic acids is 1. The molecule has 0 aliphatic heterocycles. The fraction of sp³-hybridized carbons (Fsp3) is 0.692. The Balaban J connectivity index is 2.17. The molecule has 0 fully saturated rings. The summed E-state index contributed by atoms with van der Waals surface area (Å²) in [5.74, 6) is -1.35. The van der Waals surface area contributed by atoms with Gasteiger partial charge in [0.2, 0.25) is 0 Å². The SMILES string of the molecule is CCCCCCCCCCCCCCC(CCC)OC(=O)c1ccc(C(=O)O)cc1. The highest BCUT2D eigenvalue weighted by Gasteiger charge is 2.15. The number of carboxylic acids is 1. The van der Waals surface area contributed by atoms with Crippen LogP contribution < -0.4 is 0 Å². The zero-order valence-electron chi connectivity index (χ0n) is 19.2. The van der Waals surface area contributed by atoms with E-state index in [9.17, 15) is 9.59 Å². The van der Waals surface area contributed by atoms with Crippen molar-refractivity contribution < 1.29 is 19.4 Å². The van der Waals surface area contributed by atoms with E-state index >= 15 is 0 Å². The quantitative estimate of drug-likeness (QED) is 0.195. The van der Waals surface area contributed by atoms with Gasteiger partial charge in [-0.2, -0.15) is 0 Å². The summed E-state index contributed by atoms with van der Waals surface area (Å²) in [4.78, 5) is 23.3. The van der Waals surface area contributed by atoms with E-state index in [0.717, 1.165) is 25.7 Å².